The fourth-order valence-electron chi connectivity index (χ4n) is 3.50. The molecule has 0 saturated carbocycles. The quantitative estimate of drug-likeness (QED) is 0.386. The number of likely N-dealkylation sites (N-methyl/N-ethyl adjacent to an activating group) is 1. The first kappa shape index (κ1) is 22.7. The second kappa shape index (κ2) is 9.41. The number of rotatable bonds is 7. The summed E-state index contributed by atoms with van der Waals surface area (Å²) in [5, 5.41) is 21.0. The summed E-state index contributed by atoms with van der Waals surface area (Å²) in [6.45, 7) is 3.10. The molecule has 0 radical (unpaired) electrons. The number of hydrogen-bond donors (Lipinski definition) is 2. The number of phenols is 1. The Kier molecular flexibility index (Phi) is 6.87. The van der Waals surface area contributed by atoms with E-state index in [1.807, 2.05) is 25.9 Å². The van der Waals surface area contributed by atoms with E-state index < -0.39 is 17.7 Å². The van der Waals surface area contributed by atoms with Crippen LogP contribution in [0.1, 0.15) is 24.1 Å². The number of carbonyl (C=O) groups excluding carboxylic acids is 2. The minimum absolute atomic E-state index is 0.0188. The molecule has 31 heavy (non-hydrogen) atoms. The van der Waals surface area contributed by atoms with Crippen LogP contribution in [0.2, 0.25) is 5.02 Å². The van der Waals surface area contributed by atoms with Crippen LogP contribution in [-0.2, 0) is 9.59 Å². The lowest BCUT2D eigenvalue weighted by atomic mass is 9.95. The predicted octanol–water partition coefficient (Wildman–Crippen LogP) is 3.43. The van der Waals surface area contributed by atoms with Gasteiger partial charge >= 0.3 is 0 Å². The molecular weight excluding hydrogens is 420 g/mol. The van der Waals surface area contributed by atoms with Gasteiger partial charge in [-0.05, 0) is 56.9 Å². The van der Waals surface area contributed by atoms with Gasteiger partial charge in [-0.3, -0.25) is 9.59 Å². The number of ether oxygens (including phenoxy) is 1. The number of carbonyl (C=O) groups is 2. The van der Waals surface area contributed by atoms with Crippen LogP contribution >= 0.6 is 11.6 Å². The van der Waals surface area contributed by atoms with Crippen molar-refractivity contribution < 1.29 is 24.5 Å². The molecule has 1 saturated heterocycles. The minimum Gasteiger partial charge on any atom is -0.508 e. The second-order valence-corrected chi connectivity index (χ2v) is 7.87. The van der Waals surface area contributed by atoms with Crippen molar-refractivity contribution in [1.29, 1.82) is 0 Å². The Balaban J connectivity index is 2.12. The van der Waals surface area contributed by atoms with Crippen LogP contribution < -0.4 is 4.74 Å². The van der Waals surface area contributed by atoms with Crippen molar-refractivity contribution in [2.24, 2.45) is 0 Å². The smallest absolute Gasteiger partial charge is 0.295 e. The van der Waals surface area contributed by atoms with Crippen LogP contribution in [0.4, 0.5) is 0 Å². The monoisotopic (exact) mass is 444 g/mol. The average molecular weight is 445 g/mol. The lowest BCUT2D eigenvalue weighted by molar-refractivity contribution is -0.140. The number of ketones is 1. The van der Waals surface area contributed by atoms with Crippen molar-refractivity contribution in [3.05, 3.63) is 64.2 Å². The Labute approximate surface area is 186 Å². The highest BCUT2D eigenvalue weighted by Gasteiger charge is 2.45. The normalized spacial score (nSPS) is 18.1. The number of likely N-dealkylation sites (tertiary alicyclic amines) is 1. The van der Waals surface area contributed by atoms with E-state index in [0.29, 0.717) is 36.6 Å². The van der Waals surface area contributed by atoms with Gasteiger partial charge in [0.15, 0.2) is 0 Å². The molecule has 0 aliphatic carbocycles. The van der Waals surface area contributed by atoms with Crippen LogP contribution in [0.15, 0.2) is 48.0 Å². The van der Waals surface area contributed by atoms with E-state index in [1.54, 1.807) is 24.3 Å². The maximum Gasteiger partial charge on any atom is 0.295 e. The molecule has 0 bridgehead atoms. The van der Waals surface area contributed by atoms with E-state index in [2.05, 4.69) is 0 Å². The number of Topliss-reactive ketones (excluding diaryl/α,β-unsaturated/α-hetero) is 1. The van der Waals surface area contributed by atoms with Crippen molar-refractivity contribution >= 4 is 29.1 Å². The zero-order chi connectivity index (χ0) is 22.7. The molecule has 2 N–H and O–H groups in total. The molecule has 1 amide bonds. The van der Waals surface area contributed by atoms with E-state index in [9.17, 15) is 19.8 Å². The zero-order valence-corrected chi connectivity index (χ0v) is 18.4. The highest BCUT2D eigenvalue weighted by atomic mass is 35.5. The van der Waals surface area contributed by atoms with Gasteiger partial charge < -0.3 is 24.7 Å². The number of benzene rings is 2. The SMILES string of the molecule is CCOc1ccc(/C(O)=C2\C(=O)C(=O)N(CCN(C)C)C2c2ccc(O)cc2)cc1Cl. The van der Waals surface area contributed by atoms with E-state index >= 15 is 0 Å². The number of nitrogens with zero attached hydrogens (tertiary/aromatic N) is 2. The fourth-order valence-corrected chi connectivity index (χ4v) is 3.73. The predicted molar refractivity (Wildman–Crippen MR) is 118 cm³/mol. The molecule has 8 heteroatoms. The Morgan fingerprint density at radius 3 is 2.42 bits per heavy atom. The summed E-state index contributed by atoms with van der Waals surface area (Å²) < 4.78 is 5.42. The van der Waals surface area contributed by atoms with E-state index in [-0.39, 0.29) is 22.1 Å². The molecule has 1 heterocycles. The molecule has 0 aromatic heterocycles. The number of aromatic hydroxyl groups is 1. The van der Waals surface area contributed by atoms with Crippen LogP contribution in [0.5, 0.6) is 11.5 Å². The van der Waals surface area contributed by atoms with E-state index in [1.165, 1.54) is 23.1 Å². The Bertz CT molecular complexity index is 1020. The van der Waals surface area contributed by atoms with Crippen molar-refractivity contribution in [2.75, 3.05) is 33.8 Å². The Morgan fingerprint density at radius 1 is 1.16 bits per heavy atom. The zero-order valence-electron chi connectivity index (χ0n) is 17.6. The molecule has 7 nitrogen and oxygen atoms in total. The standard InChI is InChI=1S/C23H25ClN2O5/c1-4-31-18-10-7-15(13-17(18)24)21(28)19-20(14-5-8-16(27)9-6-14)26(12-11-25(2)3)23(30)22(19)29/h5-10,13,20,27-28H,4,11-12H2,1-3H3/b21-19+. The summed E-state index contributed by atoms with van der Waals surface area (Å²) in [5.41, 5.74) is 0.895. The van der Waals surface area contributed by atoms with Crippen molar-refractivity contribution in [3.8, 4) is 11.5 Å². The molecular formula is C23H25ClN2O5. The maximum absolute atomic E-state index is 13.0. The number of phenolic OH excluding ortho intramolecular Hbond substituents is 1. The van der Waals surface area contributed by atoms with Crippen LogP contribution in [-0.4, -0.2) is 65.5 Å². The Morgan fingerprint density at radius 2 is 1.84 bits per heavy atom. The molecule has 3 rings (SSSR count). The highest BCUT2D eigenvalue weighted by Crippen LogP contribution is 2.40. The summed E-state index contributed by atoms with van der Waals surface area (Å²) >= 11 is 6.25. The summed E-state index contributed by atoms with van der Waals surface area (Å²) in [4.78, 5) is 29.1. The molecule has 1 fully saturated rings. The number of aliphatic hydroxyl groups is 1. The third-order valence-corrected chi connectivity index (χ3v) is 5.34. The summed E-state index contributed by atoms with van der Waals surface area (Å²) in [6.07, 6.45) is 0. The molecule has 1 aliphatic heterocycles. The lowest BCUT2D eigenvalue weighted by Gasteiger charge is -2.26. The summed E-state index contributed by atoms with van der Waals surface area (Å²) in [7, 11) is 3.74. The number of hydrogen-bond acceptors (Lipinski definition) is 6. The largest absolute Gasteiger partial charge is 0.508 e. The molecule has 0 spiro atoms. The van der Waals surface area contributed by atoms with E-state index in [4.69, 9.17) is 16.3 Å². The molecule has 2 aromatic carbocycles. The molecule has 1 aliphatic rings. The average Bonchev–Trinajstić information content (AvgIpc) is 2.98. The van der Waals surface area contributed by atoms with Gasteiger partial charge in [-0.1, -0.05) is 23.7 Å². The summed E-state index contributed by atoms with van der Waals surface area (Å²) in [6, 6.07) is 10.1. The number of amides is 1. The third-order valence-electron chi connectivity index (χ3n) is 5.04. The fraction of sp³-hybridized carbons (Fsp3) is 0.304. The number of halogens is 1. The van der Waals surface area contributed by atoms with Crippen molar-refractivity contribution in [2.45, 2.75) is 13.0 Å². The first-order valence-corrected chi connectivity index (χ1v) is 10.3. The summed E-state index contributed by atoms with van der Waals surface area (Å²) in [5.74, 6) is -1.24. The number of aliphatic hydroxyl groups excluding tert-OH is 1. The highest BCUT2D eigenvalue weighted by molar-refractivity contribution is 6.46. The first-order valence-electron chi connectivity index (χ1n) is 9.89. The van der Waals surface area contributed by atoms with Gasteiger partial charge in [0, 0.05) is 18.7 Å². The van der Waals surface area contributed by atoms with Gasteiger partial charge in [0.1, 0.15) is 17.3 Å². The van der Waals surface area contributed by atoms with Crippen LogP contribution in [0, 0.1) is 0 Å². The third kappa shape index (κ3) is 4.68. The second-order valence-electron chi connectivity index (χ2n) is 7.47. The van der Waals surface area contributed by atoms with Crippen LogP contribution in [0.25, 0.3) is 5.76 Å². The lowest BCUT2D eigenvalue weighted by Crippen LogP contribution is -2.35. The van der Waals surface area contributed by atoms with Gasteiger partial charge in [-0.15, -0.1) is 0 Å². The van der Waals surface area contributed by atoms with Gasteiger partial charge in [0.05, 0.1) is 23.2 Å². The molecule has 2 aromatic rings. The molecule has 1 atom stereocenters. The van der Waals surface area contributed by atoms with Gasteiger partial charge in [0.2, 0.25) is 0 Å². The topological polar surface area (TPSA) is 90.3 Å². The molecule has 1 unspecified atom stereocenters. The molecule has 164 valence electrons. The van der Waals surface area contributed by atoms with Gasteiger partial charge in [-0.2, -0.15) is 0 Å². The van der Waals surface area contributed by atoms with Crippen molar-refractivity contribution in [3.63, 3.8) is 0 Å². The van der Waals surface area contributed by atoms with Crippen LogP contribution in [0.3, 0.4) is 0 Å². The van der Waals surface area contributed by atoms with Crippen molar-refractivity contribution in [1.82, 2.24) is 9.80 Å². The van der Waals surface area contributed by atoms with E-state index in [0.717, 1.165) is 0 Å². The van der Waals surface area contributed by atoms with Gasteiger partial charge in [-0.25, -0.2) is 0 Å². The minimum atomic E-state index is -0.786. The van der Waals surface area contributed by atoms with Gasteiger partial charge in [0.25, 0.3) is 11.7 Å². The first-order chi connectivity index (χ1) is 14.7. The Hall–Kier alpha value is -3.03. The maximum atomic E-state index is 13.0.